The van der Waals surface area contributed by atoms with Gasteiger partial charge < -0.3 is 24.6 Å². The van der Waals surface area contributed by atoms with Crippen LogP contribution in [0, 0.1) is 0 Å². The molecule has 1 fully saturated rings. The van der Waals surface area contributed by atoms with Crippen molar-refractivity contribution in [1.29, 1.82) is 0 Å². The monoisotopic (exact) mass is 362 g/mol. The lowest BCUT2D eigenvalue weighted by Crippen LogP contribution is -2.42. The molecule has 1 saturated heterocycles. The van der Waals surface area contributed by atoms with Gasteiger partial charge in [-0.15, -0.1) is 0 Å². The van der Waals surface area contributed by atoms with E-state index < -0.39 is 0 Å². The van der Waals surface area contributed by atoms with Crippen LogP contribution in [-0.4, -0.2) is 74.3 Å². The van der Waals surface area contributed by atoms with Gasteiger partial charge in [-0.3, -0.25) is 9.69 Å². The molecule has 3 rings (SSSR count). The highest BCUT2D eigenvalue weighted by Crippen LogP contribution is 2.36. The molecule has 1 N–H and O–H groups in total. The Morgan fingerprint density at radius 3 is 2.73 bits per heavy atom. The molecule has 8 heteroatoms. The molecule has 0 aliphatic carbocycles. The quantitative estimate of drug-likeness (QED) is 0.750. The second kappa shape index (κ2) is 8.27. The van der Waals surface area contributed by atoms with Crippen LogP contribution in [0.1, 0.15) is 13.8 Å². The Balaban J connectivity index is 1.50. The predicted molar refractivity (Wildman–Crippen MR) is 97.7 cm³/mol. The van der Waals surface area contributed by atoms with E-state index in [1.807, 2.05) is 6.07 Å². The first-order valence-electron chi connectivity index (χ1n) is 9.07. The average molecular weight is 362 g/mol. The number of hydrogen-bond donors (Lipinski definition) is 1. The lowest BCUT2D eigenvalue weighted by Gasteiger charge is -2.20. The van der Waals surface area contributed by atoms with Crippen molar-refractivity contribution in [2.24, 2.45) is 0 Å². The maximum atomic E-state index is 12.6. The number of hydrogen-bond acceptors (Lipinski definition) is 5. The first kappa shape index (κ1) is 18.3. The summed E-state index contributed by atoms with van der Waals surface area (Å²) in [5, 5.41) is 2.89. The summed E-state index contributed by atoms with van der Waals surface area (Å²) >= 11 is 0. The highest BCUT2D eigenvalue weighted by Gasteiger charge is 2.31. The summed E-state index contributed by atoms with van der Waals surface area (Å²) in [6.45, 7) is 8.87. The van der Waals surface area contributed by atoms with Crippen LogP contribution in [0.4, 0.5) is 10.5 Å². The van der Waals surface area contributed by atoms with Gasteiger partial charge in [0.2, 0.25) is 12.7 Å². The Kier molecular flexibility index (Phi) is 5.82. The number of carbonyl (C=O) groups excluding carboxylic acids is 2. The largest absolute Gasteiger partial charge is 0.454 e. The van der Waals surface area contributed by atoms with Crippen LogP contribution in [0.15, 0.2) is 18.2 Å². The van der Waals surface area contributed by atoms with Crippen LogP contribution >= 0.6 is 0 Å². The van der Waals surface area contributed by atoms with Crippen LogP contribution in [0.2, 0.25) is 0 Å². The van der Waals surface area contributed by atoms with Crippen molar-refractivity contribution in [3.8, 4) is 11.5 Å². The fourth-order valence-electron chi connectivity index (χ4n) is 3.14. The number of anilines is 1. The van der Waals surface area contributed by atoms with Gasteiger partial charge >= 0.3 is 6.03 Å². The zero-order valence-corrected chi connectivity index (χ0v) is 15.4. The normalized spacial score (nSPS) is 15.9. The molecule has 0 aromatic heterocycles. The Labute approximate surface area is 153 Å². The zero-order chi connectivity index (χ0) is 18.5. The molecular formula is C18H26N4O4. The van der Waals surface area contributed by atoms with Gasteiger partial charge in [-0.1, -0.05) is 13.8 Å². The Morgan fingerprint density at radius 1 is 1.19 bits per heavy atom. The van der Waals surface area contributed by atoms with Crippen molar-refractivity contribution in [3.63, 3.8) is 0 Å². The molecule has 142 valence electrons. The molecular weight excluding hydrogens is 336 g/mol. The first-order valence-corrected chi connectivity index (χ1v) is 9.07. The van der Waals surface area contributed by atoms with Crippen molar-refractivity contribution in [3.05, 3.63) is 18.2 Å². The highest BCUT2D eigenvalue weighted by atomic mass is 16.7. The number of nitrogens with zero attached hydrogens (tertiary/aromatic N) is 3. The Hall–Kier alpha value is -2.48. The van der Waals surface area contributed by atoms with Gasteiger partial charge in [0.1, 0.15) is 6.54 Å². The number of carbonyl (C=O) groups is 2. The van der Waals surface area contributed by atoms with Crippen LogP contribution < -0.4 is 19.7 Å². The molecule has 0 bridgehead atoms. The van der Waals surface area contributed by atoms with Crippen molar-refractivity contribution in [1.82, 2.24) is 15.1 Å². The number of nitrogens with one attached hydrogen (secondary N) is 1. The number of rotatable bonds is 8. The second-order valence-corrected chi connectivity index (χ2v) is 6.27. The molecule has 8 nitrogen and oxygen atoms in total. The van der Waals surface area contributed by atoms with Crippen molar-refractivity contribution < 1.29 is 19.1 Å². The number of likely N-dealkylation sites (N-methyl/N-ethyl adjacent to an activating group) is 1. The van der Waals surface area contributed by atoms with Gasteiger partial charge in [0.15, 0.2) is 11.5 Å². The lowest BCUT2D eigenvalue weighted by atomic mass is 10.2. The van der Waals surface area contributed by atoms with E-state index in [0.717, 1.165) is 25.3 Å². The number of fused-ring (bicyclic) bond motifs is 1. The maximum absolute atomic E-state index is 12.6. The minimum atomic E-state index is -0.164. The molecule has 2 aliphatic heterocycles. The van der Waals surface area contributed by atoms with Crippen molar-refractivity contribution >= 4 is 17.6 Å². The molecule has 2 heterocycles. The van der Waals surface area contributed by atoms with E-state index in [1.165, 1.54) is 0 Å². The van der Waals surface area contributed by atoms with Crippen LogP contribution in [-0.2, 0) is 4.79 Å². The second-order valence-electron chi connectivity index (χ2n) is 6.27. The molecule has 0 spiro atoms. The van der Waals surface area contributed by atoms with E-state index in [4.69, 9.17) is 9.47 Å². The van der Waals surface area contributed by atoms with Gasteiger partial charge in [0.05, 0.1) is 0 Å². The molecule has 1 aromatic rings. The lowest BCUT2D eigenvalue weighted by molar-refractivity contribution is -0.121. The van der Waals surface area contributed by atoms with E-state index in [1.54, 1.807) is 21.9 Å². The van der Waals surface area contributed by atoms with Gasteiger partial charge in [0.25, 0.3) is 0 Å². The van der Waals surface area contributed by atoms with Gasteiger partial charge in [-0.05, 0) is 25.2 Å². The van der Waals surface area contributed by atoms with Crippen molar-refractivity contribution in [2.75, 3.05) is 57.5 Å². The fraction of sp³-hybridized carbons (Fsp3) is 0.556. The number of ether oxygens (including phenoxy) is 2. The van der Waals surface area contributed by atoms with E-state index in [-0.39, 0.29) is 25.3 Å². The minimum absolute atomic E-state index is 0.0815. The highest BCUT2D eigenvalue weighted by molar-refractivity contribution is 5.96. The molecule has 3 amide bonds. The average Bonchev–Trinajstić information content (AvgIpc) is 3.25. The standard InChI is InChI=1S/C18H26N4O4/c1-3-20(4-2)8-7-19-17(23)12-21-9-10-22(18(21)24)14-5-6-15-16(11-14)26-13-25-15/h5-6,11H,3-4,7-10,12-13H2,1-2H3,(H,19,23). The molecule has 1 aromatic carbocycles. The van der Waals surface area contributed by atoms with E-state index in [0.29, 0.717) is 31.1 Å². The molecule has 26 heavy (non-hydrogen) atoms. The van der Waals surface area contributed by atoms with E-state index >= 15 is 0 Å². The third-order valence-electron chi connectivity index (χ3n) is 4.74. The molecule has 0 radical (unpaired) electrons. The van der Waals surface area contributed by atoms with Crippen LogP contribution in [0.25, 0.3) is 0 Å². The molecule has 0 unspecified atom stereocenters. The predicted octanol–water partition coefficient (Wildman–Crippen LogP) is 1.12. The first-order chi connectivity index (χ1) is 12.6. The Bertz CT molecular complexity index is 663. The number of urea groups is 1. The van der Waals surface area contributed by atoms with Gasteiger partial charge in [-0.25, -0.2) is 4.79 Å². The van der Waals surface area contributed by atoms with E-state index in [2.05, 4.69) is 24.1 Å². The van der Waals surface area contributed by atoms with Crippen LogP contribution in [0.3, 0.4) is 0 Å². The minimum Gasteiger partial charge on any atom is -0.454 e. The third kappa shape index (κ3) is 4.01. The third-order valence-corrected chi connectivity index (χ3v) is 4.74. The smallest absolute Gasteiger partial charge is 0.325 e. The molecule has 0 atom stereocenters. The number of benzene rings is 1. The van der Waals surface area contributed by atoms with Crippen LogP contribution in [0.5, 0.6) is 11.5 Å². The summed E-state index contributed by atoms with van der Waals surface area (Å²) in [7, 11) is 0. The van der Waals surface area contributed by atoms with Gasteiger partial charge in [-0.2, -0.15) is 0 Å². The fourth-order valence-corrected chi connectivity index (χ4v) is 3.14. The summed E-state index contributed by atoms with van der Waals surface area (Å²) in [5.41, 5.74) is 0.753. The summed E-state index contributed by atoms with van der Waals surface area (Å²) in [5.74, 6) is 1.20. The summed E-state index contributed by atoms with van der Waals surface area (Å²) in [6.07, 6.45) is 0. The summed E-state index contributed by atoms with van der Waals surface area (Å²) in [4.78, 5) is 30.2. The number of amides is 3. The zero-order valence-electron chi connectivity index (χ0n) is 15.4. The topological polar surface area (TPSA) is 74.4 Å². The molecule has 2 aliphatic rings. The summed E-state index contributed by atoms with van der Waals surface area (Å²) < 4.78 is 10.7. The Morgan fingerprint density at radius 2 is 1.96 bits per heavy atom. The maximum Gasteiger partial charge on any atom is 0.325 e. The molecule has 0 saturated carbocycles. The SMILES string of the molecule is CCN(CC)CCNC(=O)CN1CCN(c2ccc3c(c2)OCO3)C1=O. The summed E-state index contributed by atoms with van der Waals surface area (Å²) in [6, 6.07) is 5.27. The van der Waals surface area contributed by atoms with Gasteiger partial charge in [0, 0.05) is 37.9 Å². The van der Waals surface area contributed by atoms with Crippen molar-refractivity contribution in [2.45, 2.75) is 13.8 Å². The van der Waals surface area contributed by atoms with E-state index in [9.17, 15) is 9.59 Å².